The molecule has 0 bridgehead atoms. The summed E-state index contributed by atoms with van der Waals surface area (Å²) in [6.07, 6.45) is 1.48. The first kappa shape index (κ1) is 13.4. The van der Waals surface area contributed by atoms with Crippen molar-refractivity contribution >= 4 is 23.2 Å². The second-order valence-corrected chi connectivity index (χ2v) is 4.27. The molecule has 1 heterocycles. The third kappa shape index (κ3) is 3.26. The molecule has 0 spiro atoms. The van der Waals surface area contributed by atoms with Crippen LogP contribution in [0.25, 0.3) is 0 Å². The number of ether oxygens (including phenoxy) is 1. The lowest BCUT2D eigenvalue weighted by Gasteiger charge is -2.12. The molecule has 0 saturated heterocycles. The molecule has 0 amide bonds. The number of hydrogen-bond acceptors (Lipinski definition) is 5. The molecule has 0 radical (unpaired) electrons. The van der Waals surface area contributed by atoms with Crippen LogP contribution in [0.3, 0.4) is 0 Å². The molecule has 0 atom stereocenters. The Morgan fingerprint density at radius 3 is 2.74 bits per heavy atom. The van der Waals surface area contributed by atoms with E-state index in [4.69, 9.17) is 16.3 Å². The van der Waals surface area contributed by atoms with Gasteiger partial charge in [0, 0.05) is 18.6 Å². The minimum absolute atomic E-state index is 0.590. The van der Waals surface area contributed by atoms with E-state index in [-0.39, 0.29) is 0 Å². The van der Waals surface area contributed by atoms with Crippen LogP contribution in [0.15, 0.2) is 30.6 Å². The first-order valence-corrected chi connectivity index (χ1v) is 6.17. The molecule has 1 aromatic heterocycles. The van der Waals surface area contributed by atoms with Crippen molar-refractivity contribution in [2.24, 2.45) is 0 Å². The van der Waals surface area contributed by atoms with Crippen LogP contribution in [0, 0.1) is 0 Å². The van der Waals surface area contributed by atoms with E-state index in [2.05, 4.69) is 20.6 Å². The van der Waals surface area contributed by atoms with Crippen LogP contribution in [0.1, 0.15) is 5.56 Å². The Balaban J connectivity index is 2.15. The minimum atomic E-state index is 0.590. The fourth-order valence-electron chi connectivity index (χ4n) is 1.70. The van der Waals surface area contributed by atoms with Gasteiger partial charge in [-0.05, 0) is 17.7 Å². The molecule has 2 N–H and O–H groups in total. The molecule has 0 aliphatic heterocycles. The average molecular weight is 279 g/mol. The zero-order chi connectivity index (χ0) is 13.7. The van der Waals surface area contributed by atoms with Crippen LogP contribution in [0.5, 0.6) is 5.75 Å². The zero-order valence-electron chi connectivity index (χ0n) is 10.8. The van der Waals surface area contributed by atoms with Crippen LogP contribution in [0.2, 0.25) is 5.02 Å². The quantitative estimate of drug-likeness (QED) is 0.881. The van der Waals surface area contributed by atoms with Gasteiger partial charge in [0.2, 0.25) is 5.75 Å². The normalized spacial score (nSPS) is 10.1. The molecule has 19 heavy (non-hydrogen) atoms. The van der Waals surface area contributed by atoms with Gasteiger partial charge in [-0.15, -0.1) is 0 Å². The van der Waals surface area contributed by atoms with Crippen molar-refractivity contribution in [1.29, 1.82) is 0 Å². The summed E-state index contributed by atoms with van der Waals surface area (Å²) in [5, 5.41) is 6.88. The Kier molecular flexibility index (Phi) is 4.41. The standard InChI is InChI=1S/C13H15ClN4O/c1-15-12-11(19-2)13(18-8-17-12)16-7-9-4-3-5-10(14)6-9/h3-6,8H,7H2,1-2H3,(H2,15,16,17,18). The molecule has 2 aromatic rings. The summed E-state index contributed by atoms with van der Waals surface area (Å²) in [6.45, 7) is 0.608. The van der Waals surface area contributed by atoms with Gasteiger partial charge in [0.25, 0.3) is 0 Å². The predicted octanol–water partition coefficient (Wildman–Crippen LogP) is 2.79. The first-order valence-electron chi connectivity index (χ1n) is 5.79. The van der Waals surface area contributed by atoms with Crippen molar-refractivity contribution in [3.05, 3.63) is 41.2 Å². The van der Waals surface area contributed by atoms with Crippen molar-refractivity contribution in [3.8, 4) is 5.75 Å². The summed E-state index contributed by atoms with van der Waals surface area (Å²) in [5.74, 6) is 1.87. The summed E-state index contributed by atoms with van der Waals surface area (Å²) in [7, 11) is 3.37. The van der Waals surface area contributed by atoms with Crippen LogP contribution in [0.4, 0.5) is 11.6 Å². The summed E-state index contributed by atoms with van der Waals surface area (Å²) >= 11 is 5.94. The van der Waals surface area contributed by atoms with Gasteiger partial charge >= 0.3 is 0 Å². The van der Waals surface area contributed by atoms with Gasteiger partial charge in [-0.2, -0.15) is 0 Å². The van der Waals surface area contributed by atoms with Gasteiger partial charge in [0.1, 0.15) is 6.33 Å². The lowest BCUT2D eigenvalue weighted by molar-refractivity contribution is 0.415. The Bertz CT molecular complexity index is 562. The number of anilines is 2. The number of rotatable bonds is 5. The highest BCUT2D eigenvalue weighted by Crippen LogP contribution is 2.28. The highest BCUT2D eigenvalue weighted by atomic mass is 35.5. The number of hydrogen-bond donors (Lipinski definition) is 2. The molecule has 2 rings (SSSR count). The van der Waals surface area contributed by atoms with E-state index in [1.165, 1.54) is 6.33 Å². The fraction of sp³-hybridized carbons (Fsp3) is 0.231. The van der Waals surface area contributed by atoms with Crippen LogP contribution in [-0.2, 0) is 6.54 Å². The van der Waals surface area contributed by atoms with E-state index < -0.39 is 0 Å². The lowest BCUT2D eigenvalue weighted by atomic mass is 10.2. The lowest BCUT2D eigenvalue weighted by Crippen LogP contribution is -2.06. The molecule has 0 aliphatic carbocycles. The zero-order valence-corrected chi connectivity index (χ0v) is 11.5. The van der Waals surface area contributed by atoms with E-state index >= 15 is 0 Å². The average Bonchev–Trinajstić information content (AvgIpc) is 2.44. The molecule has 100 valence electrons. The third-order valence-corrected chi connectivity index (χ3v) is 2.83. The van der Waals surface area contributed by atoms with E-state index in [9.17, 15) is 0 Å². The summed E-state index contributed by atoms with van der Waals surface area (Å²) < 4.78 is 5.30. The Morgan fingerprint density at radius 1 is 1.26 bits per heavy atom. The molecule has 0 unspecified atom stereocenters. The molecule has 1 aromatic carbocycles. The molecular weight excluding hydrogens is 264 g/mol. The van der Waals surface area contributed by atoms with Gasteiger partial charge in [-0.3, -0.25) is 0 Å². The number of aromatic nitrogens is 2. The minimum Gasteiger partial charge on any atom is -0.490 e. The highest BCUT2D eigenvalue weighted by molar-refractivity contribution is 6.30. The van der Waals surface area contributed by atoms with E-state index in [0.717, 1.165) is 5.56 Å². The molecule has 6 heteroatoms. The van der Waals surface area contributed by atoms with Crippen LogP contribution < -0.4 is 15.4 Å². The van der Waals surface area contributed by atoms with Crippen molar-refractivity contribution in [1.82, 2.24) is 9.97 Å². The molecule has 0 aliphatic rings. The maximum absolute atomic E-state index is 5.94. The first-order chi connectivity index (χ1) is 9.24. The second kappa shape index (κ2) is 6.24. The largest absolute Gasteiger partial charge is 0.490 e. The number of halogens is 1. The molecular formula is C13H15ClN4O. The number of nitrogens with one attached hydrogen (secondary N) is 2. The SMILES string of the molecule is CNc1ncnc(NCc2cccc(Cl)c2)c1OC. The van der Waals surface area contributed by atoms with Crippen LogP contribution >= 0.6 is 11.6 Å². The van der Waals surface area contributed by atoms with E-state index in [0.29, 0.717) is 29.0 Å². The van der Waals surface area contributed by atoms with Crippen LogP contribution in [-0.4, -0.2) is 24.1 Å². The maximum Gasteiger partial charge on any atom is 0.204 e. The molecule has 5 nitrogen and oxygen atoms in total. The van der Waals surface area contributed by atoms with Crippen molar-refractivity contribution in [2.45, 2.75) is 6.54 Å². The van der Waals surface area contributed by atoms with Gasteiger partial charge in [0.15, 0.2) is 11.6 Å². The molecule has 0 fully saturated rings. The van der Waals surface area contributed by atoms with E-state index in [1.807, 2.05) is 24.3 Å². The number of nitrogens with zero attached hydrogens (tertiary/aromatic N) is 2. The summed E-state index contributed by atoms with van der Waals surface area (Å²) in [5.41, 5.74) is 1.07. The topological polar surface area (TPSA) is 59.1 Å². The Hall–Kier alpha value is -2.01. The highest BCUT2D eigenvalue weighted by Gasteiger charge is 2.10. The van der Waals surface area contributed by atoms with Crippen molar-refractivity contribution < 1.29 is 4.74 Å². The molecule has 0 saturated carbocycles. The number of methoxy groups -OCH3 is 1. The van der Waals surface area contributed by atoms with Gasteiger partial charge in [-0.25, -0.2) is 9.97 Å². The fourth-order valence-corrected chi connectivity index (χ4v) is 1.92. The summed E-state index contributed by atoms with van der Waals surface area (Å²) in [4.78, 5) is 8.26. The second-order valence-electron chi connectivity index (χ2n) is 3.84. The Labute approximate surface area is 117 Å². The monoisotopic (exact) mass is 278 g/mol. The van der Waals surface area contributed by atoms with Crippen molar-refractivity contribution in [2.75, 3.05) is 24.8 Å². The summed E-state index contributed by atoms with van der Waals surface area (Å²) in [6, 6.07) is 7.65. The van der Waals surface area contributed by atoms with Gasteiger partial charge in [0.05, 0.1) is 7.11 Å². The predicted molar refractivity (Wildman–Crippen MR) is 76.9 cm³/mol. The van der Waals surface area contributed by atoms with Gasteiger partial charge < -0.3 is 15.4 Å². The number of benzene rings is 1. The Morgan fingerprint density at radius 2 is 2.05 bits per heavy atom. The van der Waals surface area contributed by atoms with Gasteiger partial charge in [-0.1, -0.05) is 23.7 Å². The van der Waals surface area contributed by atoms with Crippen molar-refractivity contribution in [3.63, 3.8) is 0 Å². The van der Waals surface area contributed by atoms with E-state index in [1.54, 1.807) is 14.2 Å². The smallest absolute Gasteiger partial charge is 0.204 e. The third-order valence-electron chi connectivity index (χ3n) is 2.59. The maximum atomic E-state index is 5.94.